The number of nitrogens with zero attached hydrogens (tertiary/aromatic N) is 2. The number of benzene rings is 3. The van der Waals surface area contributed by atoms with Gasteiger partial charge in [-0.1, -0.05) is 19.9 Å². The van der Waals surface area contributed by atoms with Crippen molar-refractivity contribution in [2.24, 2.45) is 0 Å². The Morgan fingerprint density at radius 2 is 1.31 bits per heavy atom. The van der Waals surface area contributed by atoms with Gasteiger partial charge in [-0.05, 0) is 149 Å². The summed E-state index contributed by atoms with van der Waals surface area (Å²) in [7, 11) is -17.8. The van der Waals surface area contributed by atoms with Gasteiger partial charge in [0.25, 0.3) is 40.5 Å². The molecule has 0 saturated heterocycles. The third-order valence-corrected chi connectivity index (χ3v) is 15.8. The Morgan fingerprint density at radius 3 is 1.93 bits per heavy atom. The van der Waals surface area contributed by atoms with E-state index in [-0.39, 0.29) is 32.6 Å². The molecule has 0 amide bonds. The highest BCUT2D eigenvalue weighted by molar-refractivity contribution is 7.86. The number of Topliss-reactive ketones (excluding diaryl/α,β-unsaturated/α-hetero) is 1. The SMILES string of the molecule is CC(=O)CCCCC[N+]1=C(C=CC2=C(Oc3ccc(S(=O)(=O)O)cc3)C(=CC=C3N(CCCCS(=O)(=O)O)c4ccc(S(=O)(=O)O)cc4C3(C)C)CCC2)C(C)(C)c2cc(S(=O)(=O)O)ccc21. The standard InChI is InChI=1S/C47H56N2O14S4/c1-32(50)12-7-6-8-27-48-41-23-21-37(66(57,58)59)30-39(41)46(2,3)43(48)25-15-33-13-11-14-34(45(33)63-35-17-19-36(20-18-35)65(54,55)56)16-26-44-47(4,5)40-31-38(67(60,61)62)22-24-42(40)49(44)28-9-10-29-64(51,52)53/h15-26,30-31H,6-14,27-29H2,1-5H3,(H3-,51,52,53,54,55,56,57,58,59,60,61,62)/p+1. The fourth-order valence-electron chi connectivity index (χ4n) is 9.00. The molecular formula is C47H57N2O14S4+. The number of ether oxygens (including phenoxy) is 1. The van der Waals surface area contributed by atoms with Gasteiger partial charge in [0.05, 0.1) is 25.9 Å². The molecule has 0 saturated carbocycles. The molecule has 0 unspecified atom stereocenters. The van der Waals surface area contributed by atoms with Gasteiger partial charge in [-0.3, -0.25) is 18.2 Å². The highest BCUT2D eigenvalue weighted by atomic mass is 32.2. The van der Waals surface area contributed by atoms with Crippen LogP contribution in [0.5, 0.6) is 5.75 Å². The lowest BCUT2D eigenvalue weighted by Gasteiger charge is -2.27. The second-order valence-corrected chi connectivity index (χ2v) is 23.9. The molecule has 362 valence electrons. The minimum Gasteiger partial charge on any atom is -0.457 e. The summed E-state index contributed by atoms with van der Waals surface area (Å²) in [6, 6.07) is 14.1. The van der Waals surface area contributed by atoms with Gasteiger partial charge in [-0.2, -0.15) is 38.2 Å². The van der Waals surface area contributed by atoms with Crippen LogP contribution in [-0.4, -0.2) is 86.8 Å². The van der Waals surface area contributed by atoms with Crippen LogP contribution in [0.4, 0.5) is 11.4 Å². The lowest BCUT2D eigenvalue weighted by Crippen LogP contribution is -2.28. The highest BCUT2D eigenvalue weighted by Crippen LogP contribution is 2.49. The molecule has 67 heavy (non-hydrogen) atoms. The molecule has 16 nitrogen and oxygen atoms in total. The van der Waals surface area contributed by atoms with E-state index in [1.54, 1.807) is 19.1 Å². The summed E-state index contributed by atoms with van der Waals surface area (Å²) in [6.07, 6.45) is 12.6. The second kappa shape index (κ2) is 19.7. The number of ketones is 1. The van der Waals surface area contributed by atoms with E-state index in [9.17, 15) is 56.7 Å². The van der Waals surface area contributed by atoms with Gasteiger partial charge < -0.3 is 14.4 Å². The van der Waals surface area contributed by atoms with Crippen molar-refractivity contribution in [1.82, 2.24) is 0 Å². The zero-order chi connectivity index (χ0) is 49.3. The molecule has 0 fully saturated rings. The molecular weight excluding hydrogens is 945 g/mol. The normalized spacial score (nSPS) is 18.6. The average Bonchev–Trinajstić information content (AvgIpc) is 3.57. The van der Waals surface area contributed by atoms with Crippen molar-refractivity contribution in [1.29, 1.82) is 0 Å². The lowest BCUT2D eigenvalue weighted by atomic mass is 9.81. The quantitative estimate of drug-likeness (QED) is 0.0501. The predicted molar refractivity (Wildman–Crippen MR) is 254 cm³/mol. The second-order valence-electron chi connectivity index (χ2n) is 18.1. The summed E-state index contributed by atoms with van der Waals surface area (Å²) < 4.78 is 144. The predicted octanol–water partition coefficient (Wildman–Crippen LogP) is 8.30. The number of allylic oxidation sites excluding steroid dienone is 7. The van der Waals surface area contributed by atoms with Gasteiger partial charge in [0, 0.05) is 53.9 Å². The highest BCUT2D eigenvalue weighted by Gasteiger charge is 2.45. The molecule has 0 atom stereocenters. The van der Waals surface area contributed by atoms with E-state index >= 15 is 0 Å². The first-order valence-electron chi connectivity index (χ1n) is 21.8. The number of carbonyl (C=O) groups excluding carboxylic acids is 1. The van der Waals surface area contributed by atoms with Gasteiger partial charge in [-0.15, -0.1) is 0 Å². The fraction of sp³-hybridized carbons (Fsp3) is 0.404. The van der Waals surface area contributed by atoms with Crippen LogP contribution in [0.1, 0.15) is 104 Å². The van der Waals surface area contributed by atoms with Crippen molar-refractivity contribution in [3.05, 3.63) is 119 Å². The Bertz CT molecular complexity index is 3070. The molecule has 3 aromatic rings. The van der Waals surface area contributed by atoms with Gasteiger partial charge in [0.15, 0.2) is 5.71 Å². The summed E-state index contributed by atoms with van der Waals surface area (Å²) in [5.41, 5.74) is 4.19. The summed E-state index contributed by atoms with van der Waals surface area (Å²) in [5.74, 6) is 0.392. The Morgan fingerprint density at radius 1 is 0.701 bits per heavy atom. The zero-order valence-corrected chi connectivity index (χ0v) is 41.2. The molecule has 0 radical (unpaired) electrons. The van der Waals surface area contributed by atoms with Crippen molar-refractivity contribution in [3.8, 4) is 5.75 Å². The van der Waals surface area contributed by atoms with E-state index in [4.69, 9.17) is 4.74 Å². The van der Waals surface area contributed by atoms with Crippen LogP contribution in [0.15, 0.2) is 122 Å². The monoisotopic (exact) mass is 1000 g/mol. The maximum absolute atomic E-state index is 12.3. The topological polar surface area (TPSA) is 250 Å². The van der Waals surface area contributed by atoms with Gasteiger partial charge >= 0.3 is 0 Å². The van der Waals surface area contributed by atoms with Crippen molar-refractivity contribution in [2.45, 2.75) is 118 Å². The Labute approximate surface area is 393 Å². The third kappa shape index (κ3) is 12.1. The van der Waals surface area contributed by atoms with Crippen LogP contribution < -0.4 is 9.64 Å². The van der Waals surface area contributed by atoms with Crippen LogP contribution in [0.2, 0.25) is 0 Å². The number of carbonyl (C=O) groups is 1. The number of rotatable bonds is 19. The number of hydrogen-bond acceptors (Lipinski definition) is 11. The van der Waals surface area contributed by atoms with Crippen LogP contribution in [0.3, 0.4) is 0 Å². The van der Waals surface area contributed by atoms with E-state index < -0.39 is 57.1 Å². The largest absolute Gasteiger partial charge is 0.457 e. The molecule has 1 aliphatic carbocycles. The lowest BCUT2D eigenvalue weighted by molar-refractivity contribution is -0.438. The molecule has 0 spiro atoms. The fourth-order valence-corrected chi connectivity index (χ4v) is 11.1. The summed E-state index contributed by atoms with van der Waals surface area (Å²) in [5, 5.41) is 0. The Hall–Kier alpha value is -4.80. The molecule has 0 aromatic heterocycles. The number of hydrogen-bond donors (Lipinski definition) is 4. The zero-order valence-electron chi connectivity index (χ0n) is 38.0. The van der Waals surface area contributed by atoms with Crippen molar-refractivity contribution >= 4 is 63.3 Å². The molecule has 2 heterocycles. The molecule has 6 rings (SSSR count). The molecule has 3 aromatic carbocycles. The van der Waals surface area contributed by atoms with Crippen LogP contribution >= 0.6 is 0 Å². The van der Waals surface area contributed by atoms with Crippen LogP contribution in [0, 0.1) is 0 Å². The maximum Gasteiger partial charge on any atom is 0.294 e. The van der Waals surface area contributed by atoms with E-state index in [0.29, 0.717) is 67.8 Å². The summed E-state index contributed by atoms with van der Waals surface area (Å²) in [6.45, 7) is 10.1. The Balaban J connectivity index is 1.48. The number of unbranched alkanes of at least 4 members (excludes halogenated alkanes) is 3. The number of anilines is 1. The van der Waals surface area contributed by atoms with E-state index in [0.717, 1.165) is 47.5 Å². The van der Waals surface area contributed by atoms with E-state index in [1.165, 1.54) is 48.5 Å². The third-order valence-electron chi connectivity index (χ3n) is 12.5. The number of fused-ring (bicyclic) bond motifs is 2. The van der Waals surface area contributed by atoms with Gasteiger partial charge in [0.2, 0.25) is 5.69 Å². The minimum atomic E-state index is -4.56. The van der Waals surface area contributed by atoms with Crippen molar-refractivity contribution < 1.29 is 66.0 Å². The molecule has 4 N–H and O–H groups in total. The van der Waals surface area contributed by atoms with Crippen molar-refractivity contribution in [3.63, 3.8) is 0 Å². The summed E-state index contributed by atoms with van der Waals surface area (Å²) in [4.78, 5) is 12.7. The summed E-state index contributed by atoms with van der Waals surface area (Å²) >= 11 is 0. The van der Waals surface area contributed by atoms with E-state index in [2.05, 4.69) is 4.58 Å². The molecule has 0 bridgehead atoms. The molecule has 3 aliphatic rings. The molecule has 2 aliphatic heterocycles. The maximum atomic E-state index is 12.3. The first-order chi connectivity index (χ1) is 31.1. The van der Waals surface area contributed by atoms with Gasteiger partial charge in [-0.25, -0.2) is 0 Å². The smallest absolute Gasteiger partial charge is 0.294 e. The first kappa shape index (κ1) is 51.6. The van der Waals surface area contributed by atoms with Crippen molar-refractivity contribution in [2.75, 3.05) is 23.7 Å². The van der Waals surface area contributed by atoms with Crippen LogP contribution in [0.25, 0.3) is 0 Å². The Kier molecular flexibility index (Phi) is 15.1. The minimum absolute atomic E-state index is 0.107. The average molecular weight is 1000 g/mol. The van der Waals surface area contributed by atoms with Crippen LogP contribution in [-0.2, 0) is 56.1 Å². The van der Waals surface area contributed by atoms with E-state index in [1.807, 2.05) is 56.9 Å². The van der Waals surface area contributed by atoms with Gasteiger partial charge in [0.1, 0.15) is 23.8 Å². The molecule has 20 heteroatoms. The first-order valence-corrected chi connectivity index (χ1v) is 27.7.